The Morgan fingerprint density at radius 1 is 1.30 bits per heavy atom. The molecule has 2 aromatic heterocycles. The minimum Gasteiger partial charge on any atom is -0.465 e. The van der Waals surface area contributed by atoms with Gasteiger partial charge in [0, 0.05) is 19.7 Å². The fourth-order valence-corrected chi connectivity index (χ4v) is 2.56. The van der Waals surface area contributed by atoms with Crippen LogP contribution in [0, 0.1) is 0 Å². The van der Waals surface area contributed by atoms with Crippen LogP contribution in [0.1, 0.15) is 18.5 Å². The number of aryl methyl sites for hydroxylation is 1. The second-order valence-corrected chi connectivity index (χ2v) is 5.30. The molecule has 5 heteroatoms. The topological polar surface area (TPSA) is 51.3 Å². The molecule has 2 heterocycles. The summed E-state index contributed by atoms with van der Waals surface area (Å²) in [6, 6.07) is 11.6. The van der Waals surface area contributed by atoms with E-state index in [4.69, 9.17) is 4.42 Å². The van der Waals surface area contributed by atoms with Gasteiger partial charge in [-0.1, -0.05) is 12.1 Å². The maximum absolute atomic E-state index is 12.2. The summed E-state index contributed by atoms with van der Waals surface area (Å²) in [7, 11) is 1.77. The second-order valence-electron chi connectivity index (χ2n) is 5.30. The van der Waals surface area contributed by atoms with E-state index in [0.717, 1.165) is 23.4 Å². The average molecular weight is 309 g/mol. The van der Waals surface area contributed by atoms with Crippen LogP contribution >= 0.6 is 0 Å². The normalized spacial score (nSPS) is 11.4. The molecule has 0 saturated heterocycles. The number of benzene rings is 1. The van der Waals surface area contributed by atoms with Crippen molar-refractivity contribution >= 4 is 23.0 Å². The van der Waals surface area contributed by atoms with Crippen molar-refractivity contribution < 1.29 is 9.21 Å². The van der Waals surface area contributed by atoms with Crippen LogP contribution < -0.4 is 0 Å². The molecular formula is C18H19N3O2. The van der Waals surface area contributed by atoms with Gasteiger partial charge in [-0.3, -0.25) is 4.79 Å². The first-order valence-corrected chi connectivity index (χ1v) is 7.60. The van der Waals surface area contributed by atoms with Crippen LogP contribution in [0.4, 0.5) is 0 Å². The standard InChI is InChI=1S/C18H19N3O2/c1-3-21-16-9-5-4-8-15(16)19-17(21)13-20(2)18(22)11-10-14-7-6-12-23-14/h4-12H,3,13H2,1-2H3. The molecule has 0 N–H and O–H groups in total. The van der Waals surface area contributed by atoms with Crippen molar-refractivity contribution in [3.63, 3.8) is 0 Å². The Kier molecular flexibility index (Phi) is 4.28. The summed E-state index contributed by atoms with van der Waals surface area (Å²) in [5.41, 5.74) is 2.05. The number of furan rings is 1. The van der Waals surface area contributed by atoms with Gasteiger partial charge in [-0.25, -0.2) is 4.98 Å². The molecule has 3 rings (SSSR count). The van der Waals surface area contributed by atoms with Crippen LogP contribution in [0.2, 0.25) is 0 Å². The predicted molar refractivity (Wildman–Crippen MR) is 89.6 cm³/mol. The van der Waals surface area contributed by atoms with E-state index in [1.807, 2.05) is 24.3 Å². The van der Waals surface area contributed by atoms with Gasteiger partial charge in [0.25, 0.3) is 0 Å². The van der Waals surface area contributed by atoms with Gasteiger partial charge in [0.15, 0.2) is 0 Å². The lowest BCUT2D eigenvalue weighted by molar-refractivity contribution is -0.125. The molecule has 0 radical (unpaired) electrons. The molecular weight excluding hydrogens is 290 g/mol. The largest absolute Gasteiger partial charge is 0.465 e. The van der Waals surface area contributed by atoms with Crippen molar-refractivity contribution in [2.24, 2.45) is 0 Å². The lowest BCUT2D eigenvalue weighted by Crippen LogP contribution is -2.26. The van der Waals surface area contributed by atoms with Crippen molar-refractivity contribution in [2.45, 2.75) is 20.0 Å². The van der Waals surface area contributed by atoms with E-state index in [-0.39, 0.29) is 5.91 Å². The van der Waals surface area contributed by atoms with E-state index in [2.05, 4.69) is 16.5 Å². The third kappa shape index (κ3) is 3.18. The highest BCUT2D eigenvalue weighted by atomic mass is 16.3. The third-order valence-electron chi connectivity index (χ3n) is 3.74. The van der Waals surface area contributed by atoms with Crippen LogP contribution in [-0.4, -0.2) is 27.4 Å². The fourth-order valence-electron chi connectivity index (χ4n) is 2.56. The van der Waals surface area contributed by atoms with Gasteiger partial charge in [-0.15, -0.1) is 0 Å². The summed E-state index contributed by atoms with van der Waals surface area (Å²) < 4.78 is 7.32. The molecule has 0 aliphatic heterocycles. The lowest BCUT2D eigenvalue weighted by atomic mass is 10.3. The van der Waals surface area contributed by atoms with Gasteiger partial charge in [-0.05, 0) is 37.3 Å². The number of para-hydroxylation sites is 2. The zero-order chi connectivity index (χ0) is 16.2. The van der Waals surface area contributed by atoms with E-state index < -0.39 is 0 Å². The number of imidazole rings is 1. The number of rotatable bonds is 5. The summed E-state index contributed by atoms with van der Waals surface area (Å²) in [5, 5.41) is 0. The van der Waals surface area contributed by atoms with Gasteiger partial charge in [-0.2, -0.15) is 0 Å². The van der Waals surface area contributed by atoms with E-state index >= 15 is 0 Å². The number of carbonyl (C=O) groups excluding carboxylic acids is 1. The number of fused-ring (bicyclic) bond motifs is 1. The highest BCUT2D eigenvalue weighted by Gasteiger charge is 2.13. The zero-order valence-corrected chi connectivity index (χ0v) is 13.3. The van der Waals surface area contributed by atoms with Gasteiger partial charge < -0.3 is 13.9 Å². The number of aromatic nitrogens is 2. The molecule has 118 valence electrons. The Hall–Kier alpha value is -2.82. The van der Waals surface area contributed by atoms with E-state index in [1.165, 1.54) is 6.08 Å². The third-order valence-corrected chi connectivity index (χ3v) is 3.74. The van der Waals surface area contributed by atoms with Crippen molar-refractivity contribution in [2.75, 3.05) is 7.05 Å². The Balaban J connectivity index is 1.77. The second kappa shape index (κ2) is 6.52. The van der Waals surface area contributed by atoms with Crippen LogP contribution in [0.15, 0.2) is 53.2 Å². The van der Waals surface area contributed by atoms with Crippen LogP contribution in [0.5, 0.6) is 0 Å². The Bertz CT molecular complexity index is 831. The highest BCUT2D eigenvalue weighted by molar-refractivity contribution is 5.91. The van der Waals surface area contributed by atoms with Crippen molar-refractivity contribution in [1.82, 2.24) is 14.5 Å². The first-order chi connectivity index (χ1) is 11.2. The quantitative estimate of drug-likeness (QED) is 0.679. The predicted octanol–water partition coefficient (Wildman–Crippen LogP) is 3.32. The number of likely N-dealkylation sites (N-methyl/N-ethyl adjacent to an activating group) is 1. The van der Waals surface area contributed by atoms with Gasteiger partial charge in [0.2, 0.25) is 5.91 Å². The minimum absolute atomic E-state index is 0.0869. The molecule has 3 aromatic rings. The number of hydrogen-bond acceptors (Lipinski definition) is 3. The summed E-state index contributed by atoms with van der Waals surface area (Å²) in [6.45, 7) is 3.36. The van der Waals surface area contributed by atoms with Crippen molar-refractivity contribution in [3.8, 4) is 0 Å². The summed E-state index contributed by atoms with van der Waals surface area (Å²) in [5.74, 6) is 1.46. The van der Waals surface area contributed by atoms with Crippen molar-refractivity contribution in [3.05, 3.63) is 60.3 Å². The van der Waals surface area contributed by atoms with E-state index in [0.29, 0.717) is 12.3 Å². The first-order valence-electron chi connectivity index (χ1n) is 7.60. The molecule has 0 saturated carbocycles. The van der Waals surface area contributed by atoms with Crippen molar-refractivity contribution in [1.29, 1.82) is 0 Å². The molecule has 0 spiro atoms. The zero-order valence-electron chi connectivity index (χ0n) is 13.3. The maximum atomic E-state index is 12.2. The highest BCUT2D eigenvalue weighted by Crippen LogP contribution is 2.17. The van der Waals surface area contributed by atoms with Gasteiger partial charge >= 0.3 is 0 Å². The Morgan fingerprint density at radius 2 is 2.13 bits per heavy atom. The number of hydrogen-bond donors (Lipinski definition) is 0. The van der Waals surface area contributed by atoms with Crippen LogP contribution in [-0.2, 0) is 17.9 Å². The molecule has 0 aliphatic rings. The molecule has 5 nitrogen and oxygen atoms in total. The molecule has 23 heavy (non-hydrogen) atoms. The molecule has 0 bridgehead atoms. The van der Waals surface area contributed by atoms with Crippen LogP contribution in [0.3, 0.4) is 0 Å². The molecule has 1 aromatic carbocycles. The first kappa shape index (κ1) is 15.1. The summed E-state index contributed by atoms with van der Waals surface area (Å²) >= 11 is 0. The Labute approximate surface area is 134 Å². The molecule has 0 unspecified atom stereocenters. The minimum atomic E-state index is -0.0869. The number of nitrogens with zero attached hydrogens (tertiary/aromatic N) is 3. The van der Waals surface area contributed by atoms with Gasteiger partial charge in [0.05, 0.1) is 23.8 Å². The van der Waals surface area contributed by atoms with E-state index in [1.54, 1.807) is 36.4 Å². The lowest BCUT2D eigenvalue weighted by Gasteiger charge is -2.15. The summed E-state index contributed by atoms with van der Waals surface area (Å²) in [4.78, 5) is 18.5. The summed E-state index contributed by atoms with van der Waals surface area (Å²) in [6.07, 6.45) is 4.76. The fraction of sp³-hybridized carbons (Fsp3) is 0.222. The molecule has 0 fully saturated rings. The van der Waals surface area contributed by atoms with E-state index in [9.17, 15) is 4.79 Å². The maximum Gasteiger partial charge on any atom is 0.246 e. The average Bonchev–Trinajstić information content (AvgIpc) is 3.19. The van der Waals surface area contributed by atoms with Crippen LogP contribution in [0.25, 0.3) is 17.1 Å². The number of amides is 1. The SMILES string of the molecule is CCn1c(CN(C)C(=O)C=Cc2ccco2)nc2ccccc21. The Morgan fingerprint density at radius 3 is 2.87 bits per heavy atom. The smallest absolute Gasteiger partial charge is 0.246 e. The van der Waals surface area contributed by atoms with Gasteiger partial charge in [0.1, 0.15) is 11.6 Å². The number of carbonyl (C=O) groups is 1. The monoisotopic (exact) mass is 309 g/mol. The molecule has 0 atom stereocenters. The molecule has 0 aliphatic carbocycles. The molecule has 1 amide bonds.